The molecule has 2 aliphatic rings. The summed E-state index contributed by atoms with van der Waals surface area (Å²) in [7, 11) is -1.46. The molecule has 1 aromatic heterocycles. The van der Waals surface area contributed by atoms with Crippen LogP contribution in [0.15, 0.2) is 42.7 Å². The Hall–Kier alpha value is -3.08. The van der Waals surface area contributed by atoms with Crippen molar-refractivity contribution < 1.29 is 23.5 Å². The van der Waals surface area contributed by atoms with Crippen LogP contribution >= 0.6 is 0 Å². The summed E-state index contributed by atoms with van der Waals surface area (Å²) in [5.74, 6) is -0.883. The summed E-state index contributed by atoms with van der Waals surface area (Å²) in [6.45, 7) is 1.79. The number of hydrogen-bond donors (Lipinski definition) is 0. The van der Waals surface area contributed by atoms with E-state index in [-0.39, 0.29) is 31.2 Å². The standard InChI is InChI=1S/C18H18N4O6S/c1-18(11-20-8-2-7-19-20)16(21-14(23)9-15(21)29(18)27)17(24)28-10-12-3-5-13(6-4-12)22(25)26/h2-8,15-16H,9-11H2,1H3/t15-,16+,18+,29?/m1/s1. The lowest BCUT2D eigenvalue weighted by Gasteiger charge is -2.37. The van der Waals surface area contributed by atoms with Gasteiger partial charge in [-0.15, -0.1) is 0 Å². The zero-order valence-corrected chi connectivity index (χ0v) is 16.3. The van der Waals surface area contributed by atoms with Gasteiger partial charge < -0.3 is 9.64 Å². The molecule has 4 atom stereocenters. The summed E-state index contributed by atoms with van der Waals surface area (Å²) >= 11 is 0. The zero-order valence-electron chi connectivity index (χ0n) is 15.5. The number of nitro benzene ring substituents is 1. The van der Waals surface area contributed by atoms with Crippen LogP contribution in [-0.2, 0) is 38.3 Å². The van der Waals surface area contributed by atoms with Crippen LogP contribution in [0.4, 0.5) is 5.69 Å². The first-order valence-electron chi connectivity index (χ1n) is 8.90. The van der Waals surface area contributed by atoms with Gasteiger partial charge in [0.05, 0.1) is 33.4 Å². The molecule has 1 amide bonds. The van der Waals surface area contributed by atoms with Gasteiger partial charge in [-0.1, -0.05) is 0 Å². The van der Waals surface area contributed by atoms with E-state index in [1.54, 1.807) is 30.1 Å². The first-order valence-corrected chi connectivity index (χ1v) is 10.1. The van der Waals surface area contributed by atoms with Crippen molar-refractivity contribution in [3.8, 4) is 0 Å². The number of ether oxygens (including phenoxy) is 1. The summed E-state index contributed by atoms with van der Waals surface area (Å²) < 4.78 is 19.0. The quantitative estimate of drug-likeness (QED) is 0.296. The lowest BCUT2D eigenvalue weighted by molar-refractivity contribution is -0.384. The molecule has 1 unspecified atom stereocenters. The highest BCUT2D eigenvalue weighted by Gasteiger charge is 2.65. The first-order chi connectivity index (χ1) is 13.8. The molecule has 0 N–H and O–H groups in total. The van der Waals surface area contributed by atoms with E-state index in [9.17, 15) is 23.9 Å². The molecule has 0 radical (unpaired) electrons. The van der Waals surface area contributed by atoms with Crippen molar-refractivity contribution in [2.45, 2.75) is 42.7 Å². The fourth-order valence-corrected chi connectivity index (χ4v) is 5.83. The monoisotopic (exact) mass is 418 g/mol. The van der Waals surface area contributed by atoms with Crippen LogP contribution in [0.5, 0.6) is 0 Å². The van der Waals surface area contributed by atoms with Crippen molar-refractivity contribution >= 4 is 28.4 Å². The number of carbonyl (C=O) groups excluding carboxylic acids is 2. The molecule has 2 fully saturated rings. The van der Waals surface area contributed by atoms with Crippen molar-refractivity contribution in [1.82, 2.24) is 14.7 Å². The highest BCUT2D eigenvalue weighted by molar-refractivity contribution is 7.87. The molecule has 1 aromatic carbocycles. The van der Waals surface area contributed by atoms with Crippen LogP contribution in [-0.4, -0.2) is 51.9 Å². The number of amides is 1. The topological polar surface area (TPSA) is 125 Å². The van der Waals surface area contributed by atoms with Crippen LogP contribution in [0.1, 0.15) is 18.9 Å². The second kappa shape index (κ2) is 7.07. The van der Waals surface area contributed by atoms with Gasteiger partial charge in [0.1, 0.15) is 18.0 Å². The van der Waals surface area contributed by atoms with Crippen molar-refractivity contribution in [2.75, 3.05) is 0 Å². The highest BCUT2D eigenvalue weighted by atomic mass is 32.2. The van der Waals surface area contributed by atoms with Crippen molar-refractivity contribution in [2.24, 2.45) is 0 Å². The number of aromatic nitrogens is 2. The number of nitro groups is 1. The minimum Gasteiger partial charge on any atom is -0.459 e. The van der Waals surface area contributed by atoms with Crippen LogP contribution in [0.3, 0.4) is 0 Å². The van der Waals surface area contributed by atoms with Crippen molar-refractivity contribution in [3.05, 3.63) is 58.4 Å². The Bertz CT molecular complexity index is 992. The number of nitrogens with zero attached hydrogens (tertiary/aromatic N) is 4. The maximum absolute atomic E-state index is 13.1. The summed E-state index contributed by atoms with van der Waals surface area (Å²) in [6, 6.07) is 6.38. The molecular formula is C18H18N4O6S. The van der Waals surface area contributed by atoms with E-state index in [0.29, 0.717) is 5.56 Å². The summed E-state index contributed by atoms with van der Waals surface area (Å²) in [5.41, 5.74) is 0.510. The Morgan fingerprint density at radius 2 is 2.14 bits per heavy atom. The fourth-order valence-electron chi connectivity index (χ4n) is 3.78. The molecule has 0 aliphatic carbocycles. The smallest absolute Gasteiger partial charge is 0.330 e. The van der Waals surface area contributed by atoms with Gasteiger partial charge in [-0.3, -0.25) is 23.8 Å². The average Bonchev–Trinajstić information content (AvgIpc) is 3.25. The van der Waals surface area contributed by atoms with Gasteiger partial charge in [0.25, 0.3) is 5.69 Å². The predicted octanol–water partition coefficient (Wildman–Crippen LogP) is 0.983. The SMILES string of the molecule is C[C@]1(Cn2cccn2)[C@H](C(=O)OCc2ccc([N+](=O)[O-])cc2)N2C(=O)C[C@H]2S1=O. The third-order valence-electron chi connectivity index (χ3n) is 5.30. The van der Waals surface area contributed by atoms with Gasteiger partial charge in [0.2, 0.25) is 5.91 Å². The number of hydrogen-bond acceptors (Lipinski definition) is 7. The Morgan fingerprint density at radius 1 is 1.41 bits per heavy atom. The van der Waals surface area contributed by atoms with Gasteiger partial charge in [-0.25, -0.2) is 4.79 Å². The third-order valence-corrected chi connectivity index (χ3v) is 7.46. The molecule has 0 spiro atoms. The minimum atomic E-state index is -1.46. The highest BCUT2D eigenvalue weighted by Crippen LogP contribution is 2.44. The van der Waals surface area contributed by atoms with E-state index < -0.39 is 37.9 Å². The van der Waals surface area contributed by atoms with Crippen LogP contribution in [0.25, 0.3) is 0 Å². The fraction of sp³-hybridized carbons (Fsp3) is 0.389. The Balaban J connectivity index is 1.53. The summed E-state index contributed by atoms with van der Waals surface area (Å²) in [6.07, 6.45) is 3.44. The summed E-state index contributed by atoms with van der Waals surface area (Å²) in [5, 5.41) is 14.4. The van der Waals surface area contributed by atoms with Crippen molar-refractivity contribution in [3.63, 3.8) is 0 Å². The first kappa shape index (κ1) is 19.2. The molecular weight excluding hydrogens is 400 g/mol. The molecule has 29 heavy (non-hydrogen) atoms. The number of carbonyl (C=O) groups is 2. The van der Waals surface area contributed by atoms with Crippen LogP contribution < -0.4 is 0 Å². The minimum absolute atomic E-state index is 0.0629. The number of benzene rings is 1. The molecule has 2 aliphatic heterocycles. The van der Waals surface area contributed by atoms with E-state index in [1.165, 1.54) is 29.2 Å². The van der Waals surface area contributed by atoms with Gasteiger partial charge in [-0.05, 0) is 30.7 Å². The third kappa shape index (κ3) is 3.20. The van der Waals surface area contributed by atoms with Crippen molar-refractivity contribution in [1.29, 1.82) is 0 Å². The lowest BCUT2D eigenvalue weighted by atomic mass is 9.96. The van der Waals surface area contributed by atoms with Gasteiger partial charge in [0.15, 0.2) is 0 Å². The van der Waals surface area contributed by atoms with E-state index in [0.717, 1.165) is 0 Å². The van der Waals surface area contributed by atoms with Crippen LogP contribution in [0, 0.1) is 10.1 Å². The second-order valence-electron chi connectivity index (χ2n) is 7.21. The second-order valence-corrected chi connectivity index (χ2v) is 9.28. The molecule has 3 heterocycles. The average molecular weight is 418 g/mol. The maximum Gasteiger partial charge on any atom is 0.330 e. The molecule has 0 bridgehead atoms. The molecule has 2 aromatic rings. The van der Waals surface area contributed by atoms with E-state index in [2.05, 4.69) is 5.10 Å². The van der Waals surface area contributed by atoms with E-state index in [1.807, 2.05) is 0 Å². The normalized spacial score (nSPS) is 28.0. The molecule has 152 valence electrons. The number of β-lactam (4-membered cyclic amide) rings is 1. The Kier molecular flexibility index (Phi) is 4.69. The molecule has 10 nitrogen and oxygen atoms in total. The molecule has 0 saturated carbocycles. The van der Waals surface area contributed by atoms with Crippen LogP contribution in [0.2, 0.25) is 0 Å². The maximum atomic E-state index is 13.1. The largest absolute Gasteiger partial charge is 0.459 e. The van der Waals surface area contributed by atoms with E-state index in [4.69, 9.17) is 4.74 Å². The van der Waals surface area contributed by atoms with Gasteiger partial charge >= 0.3 is 5.97 Å². The van der Waals surface area contributed by atoms with Gasteiger partial charge in [-0.2, -0.15) is 5.10 Å². The lowest BCUT2D eigenvalue weighted by Crippen LogP contribution is -2.58. The number of rotatable bonds is 6. The molecule has 11 heteroatoms. The molecule has 4 rings (SSSR count). The number of fused-ring (bicyclic) bond motifs is 1. The summed E-state index contributed by atoms with van der Waals surface area (Å²) in [4.78, 5) is 36.6. The Labute approximate surface area is 168 Å². The van der Waals surface area contributed by atoms with Gasteiger partial charge in [0, 0.05) is 24.5 Å². The van der Waals surface area contributed by atoms with E-state index >= 15 is 0 Å². The number of esters is 1. The molecule has 2 saturated heterocycles. The number of non-ortho nitro benzene ring substituents is 1. The zero-order chi connectivity index (χ0) is 20.8. The Morgan fingerprint density at radius 3 is 2.72 bits per heavy atom. The predicted molar refractivity (Wildman–Crippen MR) is 101 cm³/mol.